The van der Waals surface area contributed by atoms with Gasteiger partial charge in [-0.05, 0) is 50.7 Å². The molecule has 7 heteroatoms. The van der Waals surface area contributed by atoms with Gasteiger partial charge in [-0.3, -0.25) is 14.6 Å². The molecule has 1 unspecified atom stereocenters. The molecule has 0 aromatic heterocycles. The first-order valence-electron chi connectivity index (χ1n) is 9.80. The molecule has 4 rings (SSSR count). The molecule has 148 valence electrons. The average molecular weight is 412 g/mol. The first kappa shape index (κ1) is 19.5. The highest BCUT2D eigenvalue weighted by Crippen LogP contribution is 2.30. The SMILES string of the molecule is CN1CCN(C(=O)Cc2ccc(Cl)c(Cl)c2)C2[C@H]1COC[C@@H]2N1CCCC1. The van der Waals surface area contributed by atoms with Crippen molar-refractivity contribution in [1.29, 1.82) is 0 Å². The zero-order valence-electron chi connectivity index (χ0n) is 15.7. The maximum Gasteiger partial charge on any atom is 0.227 e. The highest BCUT2D eigenvalue weighted by Gasteiger charge is 2.46. The van der Waals surface area contributed by atoms with Crippen LogP contribution in [0.25, 0.3) is 0 Å². The molecule has 27 heavy (non-hydrogen) atoms. The van der Waals surface area contributed by atoms with Crippen LogP contribution in [0.1, 0.15) is 18.4 Å². The molecule has 0 N–H and O–H groups in total. The minimum atomic E-state index is 0.169. The summed E-state index contributed by atoms with van der Waals surface area (Å²) < 4.78 is 5.96. The predicted octanol–water partition coefficient (Wildman–Crippen LogP) is 2.54. The van der Waals surface area contributed by atoms with Crippen molar-refractivity contribution in [1.82, 2.24) is 14.7 Å². The van der Waals surface area contributed by atoms with Gasteiger partial charge in [0.05, 0.1) is 47.8 Å². The number of nitrogens with zero attached hydrogens (tertiary/aromatic N) is 3. The van der Waals surface area contributed by atoms with Gasteiger partial charge in [0.1, 0.15) is 0 Å². The molecule has 0 spiro atoms. The molecular weight excluding hydrogens is 385 g/mol. The molecule has 0 bridgehead atoms. The minimum absolute atomic E-state index is 0.169. The topological polar surface area (TPSA) is 36.0 Å². The number of likely N-dealkylation sites (N-methyl/N-ethyl adjacent to an activating group) is 1. The van der Waals surface area contributed by atoms with E-state index in [1.165, 1.54) is 12.8 Å². The van der Waals surface area contributed by atoms with Crippen molar-refractivity contribution < 1.29 is 9.53 Å². The number of benzene rings is 1. The summed E-state index contributed by atoms with van der Waals surface area (Å²) in [6.07, 6.45) is 2.83. The number of fused-ring (bicyclic) bond motifs is 1. The first-order valence-corrected chi connectivity index (χ1v) is 10.6. The number of carbonyl (C=O) groups excluding carboxylic acids is 1. The van der Waals surface area contributed by atoms with Crippen molar-refractivity contribution >= 4 is 29.1 Å². The second-order valence-corrected chi connectivity index (χ2v) is 8.71. The van der Waals surface area contributed by atoms with Crippen molar-refractivity contribution in [3.05, 3.63) is 33.8 Å². The van der Waals surface area contributed by atoms with E-state index in [0.29, 0.717) is 29.7 Å². The number of piperazine rings is 1. The van der Waals surface area contributed by atoms with Crippen molar-refractivity contribution in [2.45, 2.75) is 37.4 Å². The van der Waals surface area contributed by atoms with Gasteiger partial charge >= 0.3 is 0 Å². The van der Waals surface area contributed by atoms with E-state index in [4.69, 9.17) is 27.9 Å². The van der Waals surface area contributed by atoms with E-state index in [9.17, 15) is 4.79 Å². The van der Waals surface area contributed by atoms with Crippen LogP contribution in [0.3, 0.4) is 0 Å². The van der Waals surface area contributed by atoms with Gasteiger partial charge in [-0.1, -0.05) is 29.3 Å². The third-order valence-electron chi connectivity index (χ3n) is 6.25. The first-order chi connectivity index (χ1) is 13.0. The number of ether oxygens (including phenoxy) is 1. The lowest BCUT2D eigenvalue weighted by Gasteiger charge is -2.53. The zero-order chi connectivity index (χ0) is 19.0. The number of halogens is 2. The number of hydrogen-bond acceptors (Lipinski definition) is 4. The van der Waals surface area contributed by atoms with E-state index in [0.717, 1.165) is 31.7 Å². The van der Waals surface area contributed by atoms with Gasteiger partial charge in [0.15, 0.2) is 0 Å². The van der Waals surface area contributed by atoms with E-state index in [2.05, 4.69) is 21.7 Å². The largest absolute Gasteiger partial charge is 0.378 e. The smallest absolute Gasteiger partial charge is 0.227 e. The Hall–Kier alpha value is -0.850. The molecule has 3 heterocycles. The summed E-state index contributed by atoms with van der Waals surface area (Å²) in [6.45, 7) is 5.27. The monoisotopic (exact) mass is 411 g/mol. The summed E-state index contributed by atoms with van der Waals surface area (Å²) in [4.78, 5) is 20.2. The normalized spacial score (nSPS) is 29.7. The summed E-state index contributed by atoms with van der Waals surface area (Å²) in [7, 11) is 2.15. The summed E-state index contributed by atoms with van der Waals surface area (Å²) in [6, 6.07) is 6.19. The van der Waals surface area contributed by atoms with Crippen molar-refractivity contribution in [3.63, 3.8) is 0 Å². The second-order valence-electron chi connectivity index (χ2n) is 7.90. The van der Waals surface area contributed by atoms with E-state index < -0.39 is 0 Å². The molecule has 0 saturated carbocycles. The highest BCUT2D eigenvalue weighted by molar-refractivity contribution is 6.42. The summed E-state index contributed by atoms with van der Waals surface area (Å²) in [5.74, 6) is 0.169. The number of likely N-dealkylation sites (tertiary alicyclic amines) is 1. The van der Waals surface area contributed by atoms with Gasteiger partial charge in [0.2, 0.25) is 5.91 Å². The predicted molar refractivity (Wildman–Crippen MR) is 107 cm³/mol. The van der Waals surface area contributed by atoms with Crippen molar-refractivity contribution in [2.24, 2.45) is 0 Å². The Morgan fingerprint density at radius 2 is 1.81 bits per heavy atom. The molecule has 3 aliphatic rings. The Morgan fingerprint density at radius 3 is 2.56 bits per heavy atom. The van der Waals surface area contributed by atoms with Crippen LogP contribution in [0.4, 0.5) is 0 Å². The summed E-state index contributed by atoms with van der Waals surface area (Å²) in [5, 5.41) is 1.02. The number of carbonyl (C=O) groups is 1. The Labute approximate surface area is 171 Å². The standard InChI is InChI=1S/C20H27Cl2N3O2/c1-23-8-9-25(19(26)11-14-4-5-15(21)16(22)10-14)20-17(23)12-27-13-18(20)24-6-2-3-7-24/h4-5,10,17-18,20H,2-3,6-9,11-13H2,1H3/t17-,18+,20?/m1/s1. The number of amides is 1. The second kappa shape index (κ2) is 8.26. The van der Waals surface area contributed by atoms with Gasteiger partial charge in [-0.25, -0.2) is 0 Å². The molecule has 1 amide bonds. The van der Waals surface area contributed by atoms with Crippen LogP contribution < -0.4 is 0 Å². The van der Waals surface area contributed by atoms with Crippen LogP contribution in [0, 0.1) is 0 Å². The summed E-state index contributed by atoms with van der Waals surface area (Å²) >= 11 is 12.1. The third-order valence-corrected chi connectivity index (χ3v) is 6.99. The fraction of sp³-hybridized carbons (Fsp3) is 0.650. The lowest BCUT2D eigenvalue weighted by Crippen LogP contribution is -2.70. The maximum absolute atomic E-state index is 13.3. The molecule has 0 radical (unpaired) electrons. The summed E-state index contributed by atoms with van der Waals surface area (Å²) in [5.41, 5.74) is 0.912. The minimum Gasteiger partial charge on any atom is -0.378 e. The van der Waals surface area contributed by atoms with E-state index in [1.54, 1.807) is 12.1 Å². The van der Waals surface area contributed by atoms with Crippen molar-refractivity contribution in [2.75, 3.05) is 46.4 Å². The van der Waals surface area contributed by atoms with Crippen LogP contribution in [-0.4, -0.2) is 85.2 Å². The quantitative estimate of drug-likeness (QED) is 0.765. The third kappa shape index (κ3) is 3.99. The van der Waals surface area contributed by atoms with E-state index in [-0.39, 0.29) is 24.0 Å². The van der Waals surface area contributed by atoms with Gasteiger partial charge in [-0.2, -0.15) is 0 Å². The van der Waals surface area contributed by atoms with Gasteiger partial charge < -0.3 is 9.64 Å². The number of hydrogen-bond donors (Lipinski definition) is 0. The molecule has 3 aliphatic heterocycles. The highest BCUT2D eigenvalue weighted by atomic mass is 35.5. The van der Waals surface area contributed by atoms with Gasteiger partial charge in [0, 0.05) is 13.1 Å². The molecule has 5 nitrogen and oxygen atoms in total. The van der Waals surface area contributed by atoms with Gasteiger partial charge in [0.25, 0.3) is 0 Å². The molecular formula is C20H27Cl2N3O2. The lowest BCUT2D eigenvalue weighted by molar-refractivity contribution is -0.150. The maximum atomic E-state index is 13.3. The molecule has 1 aromatic rings. The molecule has 1 aromatic carbocycles. The molecule has 3 saturated heterocycles. The Morgan fingerprint density at radius 1 is 1.07 bits per heavy atom. The Kier molecular flexibility index (Phi) is 5.95. The van der Waals surface area contributed by atoms with E-state index >= 15 is 0 Å². The lowest BCUT2D eigenvalue weighted by atomic mass is 9.91. The number of rotatable bonds is 3. The van der Waals surface area contributed by atoms with Crippen LogP contribution in [0.2, 0.25) is 10.0 Å². The van der Waals surface area contributed by atoms with Crippen LogP contribution in [-0.2, 0) is 16.0 Å². The van der Waals surface area contributed by atoms with Crippen LogP contribution in [0.15, 0.2) is 18.2 Å². The average Bonchev–Trinajstić information content (AvgIpc) is 3.19. The fourth-order valence-electron chi connectivity index (χ4n) is 4.76. The molecule has 0 aliphatic carbocycles. The van der Waals surface area contributed by atoms with Crippen molar-refractivity contribution in [3.8, 4) is 0 Å². The molecule has 3 atom stereocenters. The van der Waals surface area contributed by atoms with Crippen LogP contribution in [0.5, 0.6) is 0 Å². The van der Waals surface area contributed by atoms with Crippen LogP contribution >= 0.6 is 23.2 Å². The fourth-order valence-corrected chi connectivity index (χ4v) is 5.08. The zero-order valence-corrected chi connectivity index (χ0v) is 17.3. The Bertz CT molecular complexity index is 696. The Balaban J connectivity index is 1.55. The van der Waals surface area contributed by atoms with Gasteiger partial charge in [-0.15, -0.1) is 0 Å². The van der Waals surface area contributed by atoms with E-state index in [1.807, 2.05) is 6.07 Å². The molecule has 3 fully saturated rings.